The Kier molecular flexibility index (Phi) is 3.54. The number of rotatable bonds is 3. The maximum atomic E-state index is 9.20. The van der Waals surface area contributed by atoms with E-state index in [0.29, 0.717) is 0 Å². The van der Waals surface area contributed by atoms with Gasteiger partial charge in [0, 0.05) is 21.4 Å². The van der Waals surface area contributed by atoms with Crippen molar-refractivity contribution in [2.75, 3.05) is 7.11 Å². The van der Waals surface area contributed by atoms with Gasteiger partial charge in [0.25, 0.3) is 0 Å². The number of methoxy groups -OCH3 is 1. The Labute approximate surface area is 109 Å². The Morgan fingerprint density at radius 1 is 1.35 bits per heavy atom. The first-order chi connectivity index (χ1) is 8.15. The zero-order valence-corrected chi connectivity index (χ0v) is 11.3. The SMILES string of the molecule is COc1ccc(Br)cc1-c1cc(CO)c(C)[nH]1. The van der Waals surface area contributed by atoms with Crippen LogP contribution in [0.15, 0.2) is 28.7 Å². The minimum absolute atomic E-state index is 0.0403. The van der Waals surface area contributed by atoms with Crippen molar-refractivity contribution in [2.45, 2.75) is 13.5 Å². The van der Waals surface area contributed by atoms with Crippen molar-refractivity contribution in [3.05, 3.63) is 40.0 Å². The first-order valence-corrected chi connectivity index (χ1v) is 6.08. The van der Waals surface area contributed by atoms with E-state index in [4.69, 9.17) is 4.74 Å². The van der Waals surface area contributed by atoms with Crippen molar-refractivity contribution in [1.29, 1.82) is 0 Å². The molecular formula is C13H14BrNO2. The van der Waals surface area contributed by atoms with E-state index in [-0.39, 0.29) is 6.61 Å². The van der Waals surface area contributed by atoms with E-state index >= 15 is 0 Å². The number of benzene rings is 1. The molecule has 0 amide bonds. The number of aryl methyl sites for hydroxylation is 1. The predicted octanol–water partition coefficient (Wildman–Crippen LogP) is 3.25. The van der Waals surface area contributed by atoms with Gasteiger partial charge in [-0.2, -0.15) is 0 Å². The first-order valence-electron chi connectivity index (χ1n) is 5.29. The molecule has 0 spiro atoms. The summed E-state index contributed by atoms with van der Waals surface area (Å²) in [6.07, 6.45) is 0. The number of hydrogen-bond acceptors (Lipinski definition) is 2. The number of halogens is 1. The number of aromatic amines is 1. The lowest BCUT2D eigenvalue weighted by molar-refractivity contribution is 0.281. The fraction of sp³-hybridized carbons (Fsp3) is 0.231. The summed E-state index contributed by atoms with van der Waals surface area (Å²) in [5, 5.41) is 9.20. The van der Waals surface area contributed by atoms with Crippen LogP contribution in [0.1, 0.15) is 11.3 Å². The van der Waals surface area contributed by atoms with E-state index in [1.54, 1.807) is 7.11 Å². The summed E-state index contributed by atoms with van der Waals surface area (Å²) in [7, 11) is 1.65. The Morgan fingerprint density at radius 3 is 2.71 bits per heavy atom. The van der Waals surface area contributed by atoms with Gasteiger partial charge in [0.1, 0.15) is 5.75 Å². The molecule has 0 saturated carbocycles. The molecule has 17 heavy (non-hydrogen) atoms. The summed E-state index contributed by atoms with van der Waals surface area (Å²) < 4.78 is 6.33. The number of H-pyrrole nitrogens is 1. The number of aliphatic hydroxyl groups is 1. The fourth-order valence-electron chi connectivity index (χ4n) is 1.80. The molecule has 0 saturated heterocycles. The summed E-state index contributed by atoms with van der Waals surface area (Å²) in [6.45, 7) is 1.98. The van der Waals surface area contributed by atoms with Crippen molar-refractivity contribution in [3.8, 4) is 17.0 Å². The van der Waals surface area contributed by atoms with Crippen LogP contribution in [-0.2, 0) is 6.61 Å². The second-order valence-electron chi connectivity index (χ2n) is 3.84. The first kappa shape index (κ1) is 12.2. The van der Waals surface area contributed by atoms with E-state index in [1.807, 2.05) is 31.2 Å². The van der Waals surface area contributed by atoms with Crippen LogP contribution in [0.3, 0.4) is 0 Å². The van der Waals surface area contributed by atoms with Crippen molar-refractivity contribution in [1.82, 2.24) is 4.98 Å². The number of nitrogens with one attached hydrogen (secondary N) is 1. The predicted molar refractivity (Wildman–Crippen MR) is 71.1 cm³/mol. The highest BCUT2D eigenvalue weighted by molar-refractivity contribution is 9.10. The highest BCUT2D eigenvalue weighted by Gasteiger charge is 2.10. The van der Waals surface area contributed by atoms with Crippen LogP contribution in [0.25, 0.3) is 11.3 Å². The fourth-order valence-corrected chi connectivity index (χ4v) is 2.16. The van der Waals surface area contributed by atoms with Gasteiger partial charge in [-0.25, -0.2) is 0 Å². The standard InChI is InChI=1S/C13H14BrNO2/c1-8-9(7-16)5-12(15-8)11-6-10(14)3-4-13(11)17-2/h3-6,15-16H,7H2,1-2H3. The molecule has 0 radical (unpaired) electrons. The van der Waals surface area contributed by atoms with Crippen LogP contribution in [0.4, 0.5) is 0 Å². The zero-order chi connectivity index (χ0) is 12.4. The molecule has 1 heterocycles. The van der Waals surface area contributed by atoms with Gasteiger partial charge in [0.15, 0.2) is 0 Å². The van der Waals surface area contributed by atoms with Gasteiger partial charge in [-0.1, -0.05) is 15.9 Å². The van der Waals surface area contributed by atoms with Gasteiger partial charge in [0.2, 0.25) is 0 Å². The van der Waals surface area contributed by atoms with E-state index in [9.17, 15) is 5.11 Å². The third-order valence-corrected chi connectivity index (χ3v) is 3.24. The van der Waals surface area contributed by atoms with E-state index in [2.05, 4.69) is 20.9 Å². The highest BCUT2D eigenvalue weighted by atomic mass is 79.9. The number of ether oxygens (including phenoxy) is 1. The average Bonchev–Trinajstić information content (AvgIpc) is 2.70. The molecule has 3 nitrogen and oxygen atoms in total. The molecule has 2 N–H and O–H groups in total. The topological polar surface area (TPSA) is 45.2 Å². The van der Waals surface area contributed by atoms with Crippen LogP contribution in [-0.4, -0.2) is 17.2 Å². The molecule has 1 aromatic carbocycles. The molecule has 1 aromatic heterocycles. The summed E-state index contributed by atoms with van der Waals surface area (Å²) in [6, 6.07) is 7.78. The van der Waals surface area contributed by atoms with Gasteiger partial charge < -0.3 is 14.8 Å². The highest BCUT2D eigenvalue weighted by Crippen LogP contribution is 2.33. The molecule has 0 fully saturated rings. The Balaban J connectivity index is 2.54. The number of aromatic nitrogens is 1. The lowest BCUT2D eigenvalue weighted by Crippen LogP contribution is -1.88. The average molecular weight is 296 g/mol. The zero-order valence-electron chi connectivity index (χ0n) is 9.75. The lowest BCUT2D eigenvalue weighted by atomic mass is 10.1. The minimum atomic E-state index is 0.0403. The second kappa shape index (κ2) is 4.94. The van der Waals surface area contributed by atoms with Crippen molar-refractivity contribution < 1.29 is 9.84 Å². The lowest BCUT2D eigenvalue weighted by Gasteiger charge is -2.07. The molecule has 0 bridgehead atoms. The Hall–Kier alpha value is -1.26. The maximum Gasteiger partial charge on any atom is 0.128 e. The molecule has 2 aromatic rings. The molecule has 90 valence electrons. The number of aliphatic hydroxyl groups excluding tert-OH is 1. The summed E-state index contributed by atoms with van der Waals surface area (Å²) in [5.74, 6) is 0.805. The summed E-state index contributed by atoms with van der Waals surface area (Å²) in [5.41, 5.74) is 3.81. The van der Waals surface area contributed by atoms with Crippen LogP contribution in [0.5, 0.6) is 5.75 Å². The van der Waals surface area contributed by atoms with Crippen LogP contribution in [0.2, 0.25) is 0 Å². The Morgan fingerprint density at radius 2 is 2.12 bits per heavy atom. The van der Waals surface area contributed by atoms with Gasteiger partial charge in [0.05, 0.1) is 13.7 Å². The van der Waals surface area contributed by atoms with Gasteiger partial charge >= 0.3 is 0 Å². The minimum Gasteiger partial charge on any atom is -0.496 e. The van der Waals surface area contributed by atoms with Crippen molar-refractivity contribution in [2.24, 2.45) is 0 Å². The third-order valence-electron chi connectivity index (χ3n) is 2.74. The largest absolute Gasteiger partial charge is 0.496 e. The smallest absolute Gasteiger partial charge is 0.128 e. The molecule has 4 heteroatoms. The van der Waals surface area contributed by atoms with Crippen LogP contribution < -0.4 is 4.74 Å². The van der Waals surface area contributed by atoms with Crippen LogP contribution in [0, 0.1) is 6.92 Å². The molecule has 0 aliphatic carbocycles. The van der Waals surface area contributed by atoms with Crippen LogP contribution >= 0.6 is 15.9 Å². The number of hydrogen-bond donors (Lipinski definition) is 2. The molecule has 0 unspecified atom stereocenters. The van der Waals surface area contributed by atoms with Crippen molar-refractivity contribution >= 4 is 15.9 Å². The normalized spacial score (nSPS) is 10.6. The quantitative estimate of drug-likeness (QED) is 0.913. The molecule has 0 atom stereocenters. The monoisotopic (exact) mass is 295 g/mol. The third kappa shape index (κ3) is 2.37. The maximum absolute atomic E-state index is 9.20. The molecule has 0 aliphatic heterocycles. The van der Waals surface area contributed by atoms with E-state index < -0.39 is 0 Å². The van der Waals surface area contributed by atoms with E-state index in [1.165, 1.54) is 0 Å². The second-order valence-corrected chi connectivity index (χ2v) is 4.75. The summed E-state index contributed by atoms with van der Waals surface area (Å²) in [4.78, 5) is 3.25. The Bertz CT molecular complexity index is 534. The van der Waals surface area contributed by atoms with Gasteiger partial charge in [-0.05, 0) is 36.8 Å². The summed E-state index contributed by atoms with van der Waals surface area (Å²) >= 11 is 3.45. The van der Waals surface area contributed by atoms with E-state index in [0.717, 1.165) is 32.7 Å². The molecular weight excluding hydrogens is 282 g/mol. The van der Waals surface area contributed by atoms with Gasteiger partial charge in [-0.3, -0.25) is 0 Å². The molecule has 2 rings (SSSR count). The van der Waals surface area contributed by atoms with Gasteiger partial charge in [-0.15, -0.1) is 0 Å². The molecule has 0 aliphatic rings. The van der Waals surface area contributed by atoms with Crippen molar-refractivity contribution in [3.63, 3.8) is 0 Å².